The summed E-state index contributed by atoms with van der Waals surface area (Å²) < 4.78 is 5.59. The Morgan fingerprint density at radius 2 is 2.04 bits per heavy atom. The van der Waals surface area contributed by atoms with E-state index in [0.717, 1.165) is 28.8 Å². The first-order valence-corrected chi connectivity index (χ1v) is 7.65. The number of hydrogen-bond acceptors (Lipinski definition) is 4. The van der Waals surface area contributed by atoms with Crippen molar-refractivity contribution in [1.82, 2.24) is 4.98 Å². The standard InChI is InChI=1S/C18H19N3O2/c1-2-17-21-14-11-13(8-9-16(14)23-17)20-15(18(19)22)10-12-6-4-3-5-7-12/h3-9,11,15,20H,2,10H2,1H3,(H2,19,22). The van der Waals surface area contributed by atoms with Crippen molar-refractivity contribution >= 4 is 22.7 Å². The molecule has 1 amide bonds. The third-order valence-electron chi connectivity index (χ3n) is 3.70. The molecule has 0 saturated heterocycles. The van der Waals surface area contributed by atoms with E-state index in [1.807, 2.05) is 55.5 Å². The van der Waals surface area contributed by atoms with Crippen LogP contribution in [0.2, 0.25) is 0 Å². The van der Waals surface area contributed by atoms with Crippen LogP contribution >= 0.6 is 0 Å². The molecule has 5 heteroatoms. The van der Waals surface area contributed by atoms with Gasteiger partial charge in [0.25, 0.3) is 0 Å². The number of carbonyl (C=O) groups is 1. The van der Waals surface area contributed by atoms with Gasteiger partial charge in [-0.1, -0.05) is 37.3 Å². The molecule has 23 heavy (non-hydrogen) atoms. The maximum Gasteiger partial charge on any atom is 0.240 e. The molecule has 0 aliphatic heterocycles. The van der Waals surface area contributed by atoms with Crippen LogP contribution < -0.4 is 11.1 Å². The molecule has 0 aliphatic carbocycles. The van der Waals surface area contributed by atoms with Gasteiger partial charge < -0.3 is 15.5 Å². The van der Waals surface area contributed by atoms with Gasteiger partial charge in [0.15, 0.2) is 11.5 Å². The number of benzene rings is 2. The normalized spacial score (nSPS) is 12.2. The summed E-state index contributed by atoms with van der Waals surface area (Å²) in [7, 11) is 0. The molecule has 1 atom stereocenters. The van der Waals surface area contributed by atoms with E-state index in [2.05, 4.69) is 10.3 Å². The Bertz CT molecular complexity index is 812. The zero-order valence-corrected chi connectivity index (χ0v) is 13.0. The molecule has 1 unspecified atom stereocenters. The number of nitrogens with zero attached hydrogens (tertiary/aromatic N) is 1. The molecule has 2 aromatic carbocycles. The summed E-state index contributed by atoms with van der Waals surface area (Å²) in [5.41, 5.74) is 8.90. The maximum absolute atomic E-state index is 11.7. The zero-order valence-electron chi connectivity index (χ0n) is 13.0. The van der Waals surface area contributed by atoms with Crippen molar-refractivity contribution in [3.8, 4) is 0 Å². The molecule has 3 N–H and O–H groups in total. The van der Waals surface area contributed by atoms with E-state index in [-0.39, 0.29) is 5.91 Å². The van der Waals surface area contributed by atoms with E-state index in [0.29, 0.717) is 12.3 Å². The van der Waals surface area contributed by atoms with Gasteiger partial charge >= 0.3 is 0 Å². The predicted octanol–water partition coefficient (Wildman–Crippen LogP) is 2.90. The lowest BCUT2D eigenvalue weighted by atomic mass is 10.1. The highest BCUT2D eigenvalue weighted by Crippen LogP contribution is 2.21. The number of amides is 1. The number of carbonyl (C=O) groups excluding carboxylic acids is 1. The first-order valence-electron chi connectivity index (χ1n) is 7.65. The topological polar surface area (TPSA) is 81.1 Å². The van der Waals surface area contributed by atoms with Crippen LogP contribution in [0, 0.1) is 0 Å². The molecule has 1 heterocycles. The largest absolute Gasteiger partial charge is 0.441 e. The van der Waals surface area contributed by atoms with Gasteiger partial charge in [0.1, 0.15) is 11.6 Å². The van der Waals surface area contributed by atoms with Gasteiger partial charge in [-0.25, -0.2) is 4.98 Å². The Morgan fingerprint density at radius 3 is 2.74 bits per heavy atom. The van der Waals surface area contributed by atoms with Crippen LogP contribution in [0.25, 0.3) is 11.1 Å². The monoisotopic (exact) mass is 309 g/mol. The summed E-state index contributed by atoms with van der Waals surface area (Å²) in [6, 6.07) is 14.9. The van der Waals surface area contributed by atoms with Crippen molar-refractivity contribution in [2.45, 2.75) is 25.8 Å². The minimum absolute atomic E-state index is 0.386. The number of anilines is 1. The maximum atomic E-state index is 11.7. The van der Waals surface area contributed by atoms with Gasteiger partial charge in [0.05, 0.1) is 0 Å². The van der Waals surface area contributed by atoms with Gasteiger partial charge in [-0.05, 0) is 23.8 Å². The third-order valence-corrected chi connectivity index (χ3v) is 3.70. The van der Waals surface area contributed by atoms with Crippen LogP contribution in [0.5, 0.6) is 0 Å². The molecule has 5 nitrogen and oxygen atoms in total. The highest BCUT2D eigenvalue weighted by Gasteiger charge is 2.16. The van der Waals surface area contributed by atoms with Crippen molar-refractivity contribution in [2.75, 3.05) is 5.32 Å². The third kappa shape index (κ3) is 3.51. The van der Waals surface area contributed by atoms with E-state index < -0.39 is 6.04 Å². The Hall–Kier alpha value is -2.82. The van der Waals surface area contributed by atoms with Crippen molar-refractivity contribution in [1.29, 1.82) is 0 Å². The fourth-order valence-electron chi connectivity index (χ4n) is 2.49. The molecule has 0 bridgehead atoms. The van der Waals surface area contributed by atoms with Gasteiger partial charge in [-0.15, -0.1) is 0 Å². The highest BCUT2D eigenvalue weighted by atomic mass is 16.3. The predicted molar refractivity (Wildman–Crippen MR) is 90.1 cm³/mol. The summed E-state index contributed by atoms with van der Waals surface area (Å²) in [6.07, 6.45) is 1.28. The van der Waals surface area contributed by atoms with Crippen LogP contribution in [0.4, 0.5) is 5.69 Å². The first-order chi connectivity index (χ1) is 11.2. The Balaban J connectivity index is 1.80. The molecule has 0 aliphatic rings. The Kier molecular flexibility index (Phi) is 4.28. The number of hydrogen-bond donors (Lipinski definition) is 2. The number of rotatable bonds is 6. The quantitative estimate of drug-likeness (QED) is 0.733. The number of aryl methyl sites for hydroxylation is 1. The van der Waals surface area contributed by atoms with Gasteiger partial charge in [0.2, 0.25) is 5.91 Å². The van der Waals surface area contributed by atoms with Crippen molar-refractivity contribution in [3.63, 3.8) is 0 Å². The summed E-state index contributed by atoms with van der Waals surface area (Å²) in [4.78, 5) is 16.2. The number of oxazole rings is 1. The van der Waals surface area contributed by atoms with Crippen LogP contribution in [0.1, 0.15) is 18.4 Å². The number of primary amides is 1. The molecule has 118 valence electrons. The smallest absolute Gasteiger partial charge is 0.240 e. The van der Waals surface area contributed by atoms with Gasteiger partial charge in [-0.3, -0.25) is 4.79 Å². The second-order valence-corrected chi connectivity index (χ2v) is 5.43. The summed E-state index contributed by atoms with van der Waals surface area (Å²) in [5, 5.41) is 3.19. The molecule has 0 radical (unpaired) electrons. The van der Waals surface area contributed by atoms with Crippen molar-refractivity contribution in [3.05, 3.63) is 60.0 Å². The number of nitrogens with one attached hydrogen (secondary N) is 1. The van der Waals surface area contributed by atoms with Crippen LogP contribution in [0.3, 0.4) is 0 Å². The average molecular weight is 309 g/mol. The molecular weight excluding hydrogens is 290 g/mol. The minimum Gasteiger partial charge on any atom is -0.441 e. The number of nitrogens with two attached hydrogens (primary N) is 1. The van der Waals surface area contributed by atoms with E-state index in [1.165, 1.54) is 0 Å². The summed E-state index contributed by atoms with van der Waals surface area (Å²) in [6.45, 7) is 1.99. The highest BCUT2D eigenvalue weighted by molar-refractivity contribution is 5.85. The van der Waals surface area contributed by atoms with E-state index in [1.54, 1.807) is 0 Å². The van der Waals surface area contributed by atoms with Crippen LogP contribution in [0.15, 0.2) is 52.9 Å². The van der Waals surface area contributed by atoms with E-state index in [4.69, 9.17) is 10.2 Å². The second kappa shape index (κ2) is 6.52. The molecule has 0 spiro atoms. The SMILES string of the molecule is CCc1nc2cc(NC(Cc3ccccc3)C(N)=O)ccc2o1. The fraction of sp³-hybridized carbons (Fsp3) is 0.222. The van der Waals surface area contributed by atoms with Crippen LogP contribution in [-0.2, 0) is 17.6 Å². The summed E-state index contributed by atoms with van der Waals surface area (Å²) in [5.74, 6) is 0.316. The van der Waals surface area contributed by atoms with Gasteiger partial charge in [-0.2, -0.15) is 0 Å². The lowest BCUT2D eigenvalue weighted by Gasteiger charge is -2.16. The number of fused-ring (bicyclic) bond motifs is 1. The molecule has 3 rings (SSSR count). The summed E-state index contributed by atoms with van der Waals surface area (Å²) >= 11 is 0. The fourth-order valence-corrected chi connectivity index (χ4v) is 2.49. The van der Waals surface area contributed by atoms with Crippen molar-refractivity contribution < 1.29 is 9.21 Å². The van der Waals surface area contributed by atoms with E-state index in [9.17, 15) is 4.79 Å². The molecule has 1 aromatic heterocycles. The first kappa shape index (κ1) is 15.1. The Labute approximate surface area is 134 Å². The lowest BCUT2D eigenvalue weighted by molar-refractivity contribution is -0.118. The minimum atomic E-state index is -0.479. The molecule has 3 aromatic rings. The molecule has 0 saturated carbocycles. The molecule has 0 fully saturated rings. The lowest BCUT2D eigenvalue weighted by Crippen LogP contribution is -2.37. The number of aromatic nitrogens is 1. The Morgan fingerprint density at radius 1 is 1.26 bits per heavy atom. The molecular formula is C18H19N3O2. The zero-order chi connectivity index (χ0) is 16.2. The van der Waals surface area contributed by atoms with Crippen LogP contribution in [-0.4, -0.2) is 16.9 Å². The van der Waals surface area contributed by atoms with Crippen molar-refractivity contribution in [2.24, 2.45) is 5.73 Å². The van der Waals surface area contributed by atoms with Gasteiger partial charge in [0, 0.05) is 18.5 Å². The second-order valence-electron chi connectivity index (χ2n) is 5.43. The average Bonchev–Trinajstić information content (AvgIpc) is 2.97. The van der Waals surface area contributed by atoms with E-state index >= 15 is 0 Å².